The number of hydrogen-bond donors (Lipinski definition) is 2. The number of alkyl halides is 3. The van der Waals surface area contributed by atoms with Crippen LogP contribution in [-0.2, 0) is 19.3 Å². The lowest BCUT2D eigenvalue weighted by molar-refractivity contribution is -0.140. The normalized spacial score (nSPS) is 11.8. The van der Waals surface area contributed by atoms with Crippen LogP contribution in [0.3, 0.4) is 0 Å². The van der Waals surface area contributed by atoms with Crippen LogP contribution >= 0.6 is 35.3 Å². The molecule has 2 aromatic heterocycles. The van der Waals surface area contributed by atoms with E-state index in [0.717, 1.165) is 35.3 Å². The summed E-state index contributed by atoms with van der Waals surface area (Å²) in [6, 6.07) is 5.19. The van der Waals surface area contributed by atoms with E-state index in [1.54, 1.807) is 16.7 Å². The molecule has 2 rings (SSSR count). The van der Waals surface area contributed by atoms with Gasteiger partial charge in [-0.25, -0.2) is 9.98 Å². The molecule has 0 saturated heterocycles. The first kappa shape index (κ1) is 25.4. The minimum Gasteiger partial charge on any atom is -0.357 e. The van der Waals surface area contributed by atoms with Gasteiger partial charge in [0.2, 0.25) is 0 Å². The number of unbranched alkanes of at least 4 members (excludes halogenated alkanes) is 1. The topological polar surface area (TPSA) is 71.3 Å². The molecule has 0 aliphatic rings. The van der Waals surface area contributed by atoms with Crippen molar-refractivity contribution in [2.24, 2.45) is 4.99 Å². The smallest absolute Gasteiger partial charge is 0.357 e. The monoisotopic (exact) mass is 543 g/mol. The first-order valence-corrected chi connectivity index (χ1v) is 9.89. The van der Waals surface area contributed by atoms with E-state index in [0.29, 0.717) is 30.6 Å². The summed E-state index contributed by atoms with van der Waals surface area (Å²) in [4.78, 5) is 19.7. The number of guanidine groups is 1. The molecule has 0 aliphatic carbocycles. The van der Waals surface area contributed by atoms with Gasteiger partial charge in [0.05, 0.1) is 6.54 Å². The third-order valence-electron chi connectivity index (χ3n) is 3.93. The van der Waals surface area contributed by atoms with E-state index < -0.39 is 11.9 Å². The molecular weight excluding hydrogens is 518 g/mol. The average Bonchev–Trinajstić information content (AvgIpc) is 3.11. The van der Waals surface area contributed by atoms with Crippen LogP contribution in [0.25, 0.3) is 0 Å². The number of rotatable bonds is 8. The number of aromatic nitrogens is 2. The number of aliphatic imine (C=N–C) groups is 1. The van der Waals surface area contributed by atoms with Crippen molar-refractivity contribution in [3.05, 3.63) is 50.3 Å². The maximum atomic E-state index is 12.6. The summed E-state index contributed by atoms with van der Waals surface area (Å²) in [5.74, 6) is 0.527. The quantitative estimate of drug-likeness (QED) is 0.230. The Hall–Kier alpha value is -1.63. The molecular formula is C18H25F3IN5OS. The molecule has 0 unspecified atom stereocenters. The van der Waals surface area contributed by atoms with E-state index in [9.17, 15) is 18.0 Å². The van der Waals surface area contributed by atoms with Crippen LogP contribution < -0.4 is 16.2 Å². The lowest BCUT2D eigenvalue weighted by atomic mass is 10.3. The van der Waals surface area contributed by atoms with E-state index in [1.165, 1.54) is 0 Å². The average molecular weight is 543 g/mol. The second kappa shape index (κ2) is 12.2. The number of nitrogens with one attached hydrogen (secondary N) is 2. The van der Waals surface area contributed by atoms with E-state index in [1.807, 2.05) is 19.9 Å². The third kappa shape index (κ3) is 8.33. The molecule has 0 radical (unpaired) electrons. The van der Waals surface area contributed by atoms with Crippen molar-refractivity contribution in [2.75, 3.05) is 13.1 Å². The molecule has 0 saturated carbocycles. The summed E-state index contributed by atoms with van der Waals surface area (Å²) in [7, 11) is 0. The molecule has 2 aromatic rings. The summed E-state index contributed by atoms with van der Waals surface area (Å²) in [6.07, 6.45) is -2.79. The fourth-order valence-corrected chi connectivity index (χ4v) is 3.24. The molecule has 0 bridgehead atoms. The Kier molecular flexibility index (Phi) is 10.6. The molecule has 29 heavy (non-hydrogen) atoms. The number of pyridine rings is 1. The molecule has 0 spiro atoms. The zero-order valence-corrected chi connectivity index (χ0v) is 19.4. The summed E-state index contributed by atoms with van der Waals surface area (Å²) < 4.78 is 39.5. The Labute approximate surface area is 188 Å². The molecule has 6 nitrogen and oxygen atoms in total. The molecule has 0 amide bonds. The zero-order valence-electron chi connectivity index (χ0n) is 16.3. The minimum absolute atomic E-state index is 0. The van der Waals surface area contributed by atoms with Gasteiger partial charge < -0.3 is 15.2 Å². The maximum absolute atomic E-state index is 12.6. The molecule has 0 aliphatic heterocycles. The Morgan fingerprint density at radius 3 is 2.66 bits per heavy atom. The van der Waals surface area contributed by atoms with Gasteiger partial charge in [0, 0.05) is 36.8 Å². The van der Waals surface area contributed by atoms with Crippen LogP contribution in [0, 0.1) is 6.92 Å². The SMILES string of the molecule is CCNC(=NCc1nc(C(F)(F)F)cs1)NCCCCn1c(C)cccc1=O.I. The van der Waals surface area contributed by atoms with Crippen LogP contribution in [0.1, 0.15) is 36.2 Å². The summed E-state index contributed by atoms with van der Waals surface area (Å²) in [5.41, 5.74) is 0.0358. The van der Waals surface area contributed by atoms with Crippen LogP contribution in [0.4, 0.5) is 13.2 Å². The highest BCUT2D eigenvalue weighted by atomic mass is 127. The van der Waals surface area contributed by atoms with E-state index in [2.05, 4.69) is 20.6 Å². The minimum atomic E-state index is -4.43. The van der Waals surface area contributed by atoms with Crippen LogP contribution in [0.15, 0.2) is 33.4 Å². The highest BCUT2D eigenvalue weighted by Gasteiger charge is 2.33. The standard InChI is InChI=1S/C18H24F3N5OS.HI/c1-3-22-17(24-11-15-25-14(12-28-15)18(19,20)21)23-9-4-5-10-26-13(2)7-6-8-16(26)27;/h6-8,12H,3-5,9-11H2,1-2H3,(H2,22,23,24);1H. The number of aryl methyl sites for hydroxylation is 1. The molecule has 2 heterocycles. The van der Waals surface area contributed by atoms with Crippen molar-refractivity contribution in [2.45, 2.75) is 46.0 Å². The van der Waals surface area contributed by atoms with Crippen molar-refractivity contribution in [1.82, 2.24) is 20.2 Å². The summed E-state index contributed by atoms with van der Waals surface area (Å²) >= 11 is 0.943. The van der Waals surface area contributed by atoms with Crippen LogP contribution in [0.5, 0.6) is 0 Å². The second-order valence-corrected chi connectivity index (χ2v) is 7.05. The highest BCUT2D eigenvalue weighted by molar-refractivity contribution is 14.0. The largest absolute Gasteiger partial charge is 0.434 e. The van der Waals surface area contributed by atoms with Crippen molar-refractivity contribution in [1.29, 1.82) is 0 Å². The molecule has 0 atom stereocenters. The summed E-state index contributed by atoms with van der Waals surface area (Å²) in [6.45, 7) is 5.80. The number of thiazole rings is 1. The number of halogens is 4. The van der Waals surface area contributed by atoms with Gasteiger partial charge >= 0.3 is 6.18 Å². The lowest BCUT2D eigenvalue weighted by Crippen LogP contribution is -2.37. The first-order chi connectivity index (χ1) is 13.3. The van der Waals surface area contributed by atoms with E-state index >= 15 is 0 Å². The Balaban J connectivity index is 0.00000420. The maximum Gasteiger partial charge on any atom is 0.434 e. The van der Waals surface area contributed by atoms with Crippen molar-refractivity contribution in [3.8, 4) is 0 Å². The second-order valence-electron chi connectivity index (χ2n) is 6.11. The zero-order chi connectivity index (χ0) is 20.6. The van der Waals surface area contributed by atoms with Crippen molar-refractivity contribution in [3.63, 3.8) is 0 Å². The Bertz CT molecular complexity index is 851. The molecule has 162 valence electrons. The van der Waals surface area contributed by atoms with Gasteiger partial charge in [-0.15, -0.1) is 35.3 Å². The van der Waals surface area contributed by atoms with Gasteiger partial charge in [-0.3, -0.25) is 4.79 Å². The van der Waals surface area contributed by atoms with Gasteiger partial charge in [-0.05, 0) is 32.8 Å². The van der Waals surface area contributed by atoms with Crippen LogP contribution in [0.2, 0.25) is 0 Å². The third-order valence-corrected chi connectivity index (χ3v) is 4.76. The number of nitrogens with zero attached hydrogens (tertiary/aromatic N) is 3. The highest BCUT2D eigenvalue weighted by Crippen LogP contribution is 2.30. The van der Waals surface area contributed by atoms with Gasteiger partial charge in [-0.2, -0.15) is 13.2 Å². The van der Waals surface area contributed by atoms with Gasteiger partial charge in [0.15, 0.2) is 11.7 Å². The lowest BCUT2D eigenvalue weighted by Gasteiger charge is -2.12. The fourth-order valence-electron chi connectivity index (χ4n) is 2.51. The predicted octanol–water partition coefficient (Wildman–Crippen LogP) is 3.79. The van der Waals surface area contributed by atoms with E-state index in [-0.39, 0.29) is 36.1 Å². The van der Waals surface area contributed by atoms with Gasteiger partial charge in [0.25, 0.3) is 5.56 Å². The summed E-state index contributed by atoms with van der Waals surface area (Å²) in [5, 5.41) is 7.51. The first-order valence-electron chi connectivity index (χ1n) is 9.01. The molecule has 0 aromatic carbocycles. The Morgan fingerprint density at radius 1 is 1.28 bits per heavy atom. The van der Waals surface area contributed by atoms with Gasteiger partial charge in [-0.1, -0.05) is 6.07 Å². The molecule has 11 heteroatoms. The Morgan fingerprint density at radius 2 is 2.03 bits per heavy atom. The van der Waals surface area contributed by atoms with Crippen molar-refractivity contribution < 1.29 is 13.2 Å². The van der Waals surface area contributed by atoms with Crippen LogP contribution in [-0.4, -0.2) is 28.6 Å². The van der Waals surface area contributed by atoms with Gasteiger partial charge in [0.1, 0.15) is 5.01 Å². The predicted molar refractivity (Wildman–Crippen MR) is 120 cm³/mol. The fraction of sp³-hybridized carbons (Fsp3) is 0.500. The van der Waals surface area contributed by atoms with E-state index in [4.69, 9.17) is 0 Å². The molecule has 2 N–H and O–H groups in total. The van der Waals surface area contributed by atoms with Crippen molar-refractivity contribution >= 4 is 41.3 Å². The number of hydrogen-bond acceptors (Lipinski definition) is 4. The molecule has 0 fully saturated rings.